The van der Waals surface area contributed by atoms with Crippen LogP contribution in [0.2, 0.25) is 0 Å². The standard InChI is InChI=1S/C26H34F2N3O7P/c1-5-37-39(34,38-6-2)29-13-21(28)16-8-7-11-30(14-16)23-20(27)12-18-22(25(23)35-3)31(17-9-10-17)15-19(24(18)32)26(33)36-4/h12,15,17H,5-11,13-14H2,1-4H3,(H,29,34)/b21-16+. The summed E-state index contributed by atoms with van der Waals surface area (Å²) in [5.74, 6) is -1.91. The molecule has 0 spiro atoms. The Hall–Kier alpha value is -2.79. The van der Waals surface area contributed by atoms with Crippen molar-refractivity contribution in [2.24, 2.45) is 0 Å². The minimum absolute atomic E-state index is 0.00802. The van der Waals surface area contributed by atoms with Gasteiger partial charge in [0.05, 0.1) is 44.9 Å². The minimum Gasteiger partial charge on any atom is -0.492 e. The van der Waals surface area contributed by atoms with Gasteiger partial charge in [-0.25, -0.2) is 23.2 Å². The van der Waals surface area contributed by atoms with Crippen LogP contribution < -0.4 is 20.2 Å². The molecule has 2 aromatic rings. The van der Waals surface area contributed by atoms with E-state index in [-0.39, 0.29) is 54.7 Å². The Balaban J connectivity index is 1.73. The van der Waals surface area contributed by atoms with Crippen molar-refractivity contribution in [2.45, 2.75) is 45.6 Å². The topological polar surface area (TPSA) is 108 Å². The molecule has 10 nitrogen and oxygen atoms in total. The second-order valence-corrected chi connectivity index (χ2v) is 11.2. The molecule has 214 valence electrons. The fourth-order valence-electron chi connectivity index (χ4n) is 4.87. The zero-order chi connectivity index (χ0) is 28.3. The SMILES string of the molecule is CCOP(=O)(NC/C(F)=C1/CCCN(c2c(F)cc3c(=O)c(C(=O)OC)cn(C4CC4)c3c2OC)C1)OCC. The van der Waals surface area contributed by atoms with E-state index in [1.165, 1.54) is 20.4 Å². The number of nitrogens with zero attached hydrogens (tertiary/aromatic N) is 2. The average Bonchev–Trinajstić information content (AvgIpc) is 3.77. The Bertz CT molecular complexity index is 1380. The largest absolute Gasteiger partial charge is 0.492 e. The molecule has 2 heterocycles. The highest BCUT2D eigenvalue weighted by Crippen LogP contribution is 2.45. The summed E-state index contributed by atoms with van der Waals surface area (Å²) in [6.45, 7) is 3.70. The van der Waals surface area contributed by atoms with Gasteiger partial charge >= 0.3 is 13.7 Å². The van der Waals surface area contributed by atoms with Gasteiger partial charge in [0.2, 0.25) is 5.43 Å². The lowest BCUT2D eigenvalue weighted by Crippen LogP contribution is -2.33. The number of halogens is 2. The summed E-state index contributed by atoms with van der Waals surface area (Å²) in [7, 11) is -1.09. The summed E-state index contributed by atoms with van der Waals surface area (Å²) in [5.41, 5.74) is 0.0659. The first-order chi connectivity index (χ1) is 18.7. The highest BCUT2D eigenvalue weighted by Gasteiger charge is 2.33. The quantitative estimate of drug-likeness (QED) is 0.300. The highest BCUT2D eigenvalue weighted by atomic mass is 31.2. The first-order valence-corrected chi connectivity index (χ1v) is 14.5. The summed E-state index contributed by atoms with van der Waals surface area (Å²) in [4.78, 5) is 27.1. The van der Waals surface area contributed by atoms with Crippen LogP contribution >= 0.6 is 7.75 Å². The van der Waals surface area contributed by atoms with Crippen molar-refractivity contribution in [3.63, 3.8) is 0 Å². The van der Waals surface area contributed by atoms with Crippen molar-refractivity contribution in [3.8, 4) is 5.75 Å². The summed E-state index contributed by atoms with van der Waals surface area (Å²) in [6, 6.07) is 1.13. The van der Waals surface area contributed by atoms with Crippen molar-refractivity contribution < 1.29 is 36.7 Å². The number of ether oxygens (including phenoxy) is 2. The van der Waals surface area contributed by atoms with Crippen molar-refractivity contribution in [3.05, 3.63) is 45.3 Å². The molecular formula is C26H34F2N3O7P. The number of esters is 1. The smallest absolute Gasteiger partial charge is 0.405 e. The van der Waals surface area contributed by atoms with E-state index in [9.17, 15) is 14.2 Å². The van der Waals surface area contributed by atoms with Gasteiger partial charge in [-0.2, -0.15) is 0 Å². The molecule has 1 N–H and O–H groups in total. The van der Waals surface area contributed by atoms with Gasteiger partial charge in [-0.05, 0) is 51.2 Å². The van der Waals surface area contributed by atoms with Crippen LogP contribution in [0.5, 0.6) is 5.75 Å². The number of hydrogen-bond acceptors (Lipinski definition) is 8. The summed E-state index contributed by atoms with van der Waals surface area (Å²) < 4.78 is 66.2. The Kier molecular flexibility index (Phi) is 9.10. The maximum absolute atomic E-state index is 15.7. The van der Waals surface area contributed by atoms with Gasteiger partial charge in [0.1, 0.15) is 17.1 Å². The molecule has 2 aliphatic rings. The molecule has 0 amide bonds. The fourth-order valence-corrected chi connectivity index (χ4v) is 6.14. The van der Waals surface area contributed by atoms with Crippen LogP contribution in [0.25, 0.3) is 10.9 Å². The van der Waals surface area contributed by atoms with Gasteiger partial charge < -0.3 is 18.9 Å². The molecule has 39 heavy (non-hydrogen) atoms. The maximum atomic E-state index is 15.7. The molecule has 1 saturated heterocycles. The number of aromatic nitrogens is 1. The summed E-state index contributed by atoms with van der Waals surface area (Å²) in [6.07, 6.45) is 4.08. The third kappa shape index (κ3) is 6.04. The van der Waals surface area contributed by atoms with Crippen molar-refractivity contribution in [1.82, 2.24) is 9.65 Å². The predicted octanol–water partition coefficient (Wildman–Crippen LogP) is 4.87. The number of methoxy groups -OCH3 is 2. The monoisotopic (exact) mass is 569 g/mol. The van der Waals surface area contributed by atoms with Crippen LogP contribution in [0.4, 0.5) is 14.5 Å². The number of anilines is 1. The number of nitrogens with one attached hydrogen (secondary N) is 1. The molecule has 1 aliphatic carbocycles. The van der Waals surface area contributed by atoms with E-state index in [1.54, 1.807) is 23.3 Å². The van der Waals surface area contributed by atoms with Gasteiger partial charge in [-0.3, -0.25) is 13.8 Å². The number of fused-ring (bicyclic) bond motifs is 1. The Labute approximate surface area is 225 Å². The lowest BCUT2D eigenvalue weighted by molar-refractivity contribution is 0.0598. The molecule has 1 aromatic carbocycles. The normalized spacial score (nSPS) is 17.4. The Morgan fingerprint density at radius 2 is 1.90 bits per heavy atom. The van der Waals surface area contributed by atoms with E-state index in [0.29, 0.717) is 30.5 Å². The minimum atomic E-state index is -3.66. The van der Waals surface area contributed by atoms with Crippen molar-refractivity contribution >= 4 is 30.3 Å². The second kappa shape index (κ2) is 12.2. The number of piperidine rings is 1. The third-order valence-corrected chi connectivity index (χ3v) is 8.50. The molecule has 1 aromatic heterocycles. The number of pyridine rings is 1. The molecule has 0 unspecified atom stereocenters. The van der Waals surface area contributed by atoms with E-state index in [1.807, 2.05) is 0 Å². The van der Waals surface area contributed by atoms with Crippen molar-refractivity contribution in [2.75, 3.05) is 52.0 Å². The van der Waals surface area contributed by atoms with Gasteiger partial charge in [0, 0.05) is 25.3 Å². The highest BCUT2D eigenvalue weighted by molar-refractivity contribution is 7.51. The molecule has 0 radical (unpaired) electrons. The van der Waals surface area contributed by atoms with E-state index in [2.05, 4.69) is 5.09 Å². The van der Waals surface area contributed by atoms with Gasteiger partial charge in [0.25, 0.3) is 0 Å². The Morgan fingerprint density at radius 1 is 1.21 bits per heavy atom. The molecule has 0 atom stereocenters. The fraction of sp³-hybridized carbons (Fsp3) is 0.538. The number of carbonyl (C=O) groups excluding carboxylic acids is 1. The van der Waals surface area contributed by atoms with Crippen LogP contribution in [-0.4, -0.2) is 57.6 Å². The predicted molar refractivity (Wildman–Crippen MR) is 143 cm³/mol. The first kappa shape index (κ1) is 29.2. The van der Waals surface area contributed by atoms with Crippen LogP contribution in [-0.2, 0) is 18.3 Å². The van der Waals surface area contributed by atoms with Crippen LogP contribution in [0.3, 0.4) is 0 Å². The molecular weight excluding hydrogens is 535 g/mol. The number of carbonyl (C=O) groups is 1. The van der Waals surface area contributed by atoms with Gasteiger partial charge in [0.15, 0.2) is 11.6 Å². The van der Waals surface area contributed by atoms with Crippen molar-refractivity contribution in [1.29, 1.82) is 0 Å². The average molecular weight is 570 g/mol. The first-order valence-electron chi connectivity index (χ1n) is 13.0. The number of rotatable bonds is 11. The molecule has 13 heteroatoms. The van der Waals surface area contributed by atoms with Crippen LogP contribution in [0, 0.1) is 5.82 Å². The molecule has 2 fully saturated rings. The maximum Gasteiger partial charge on any atom is 0.405 e. The molecule has 0 bridgehead atoms. The van der Waals surface area contributed by atoms with E-state index >= 15 is 8.78 Å². The Morgan fingerprint density at radius 3 is 2.49 bits per heavy atom. The zero-order valence-electron chi connectivity index (χ0n) is 22.6. The second-order valence-electron chi connectivity index (χ2n) is 9.34. The lowest BCUT2D eigenvalue weighted by atomic mass is 10.0. The lowest BCUT2D eigenvalue weighted by Gasteiger charge is -2.33. The molecule has 1 aliphatic heterocycles. The summed E-state index contributed by atoms with van der Waals surface area (Å²) in [5, 5.41) is 2.55. The van der Waals surface area contributed by atoms with Gasteiger partial charge in [-0.1, -0.05) is 0 Å². The zero-order valence-corrected chi connectivity index (χ0v) is 23.4. The van der Waals surface area contributed by atoms with Crippen LogP contribution in [0.15, 0.2) is 28.5 Å². The number of hydrogen-bond donors (Lipinski definition) is 1. The van der Waals surface area contributed by atoms with E-state index < -0.39 is 30.8 Å². The van der Waals surface area contributed by atoms with Gasteiger partial charge in [-0.15, -0.1) is 0 Å². The number of benzene rings is 1. The molecule has 1 saturated carbocycles. The summed E-state index contributed by atoms with van der Waals surface area (Å²) >= 11 is 0. The third-order valence-electron chi connectivity index (χ3n) is 6.76. The van der Waals surface area contributed by atoms with E-state index in [4.69, 9.17) is 18.5 Å². The van der Waals surface area contributed by atoms with E-state index in [0.717, 1.165) is 18.9 Å². The van der Waals surface area contributed by atoms with Crippen LogP contribution in [0.1, 0.15) is 55.9 Å². The molecule has 4 rings (SSSR count).